The van der Waals surface area contributed by atoms with Crippen LogP contribution in [-0.2, 0) is 6.54 Å². The van der Waals surface area contributed by atoms with Gasteiger partial charge in [-0.2, -0.15) is 0 Å². The van der Waals surface area contributed by atoms with E-state index in [4.69, 9.17) is 5.73 Å². The average Bonchev–Trinajstić information content (AvgIpc) is 2.52. The molecule has 3 heteroatoms. The van der Waals surface area contributed by atoms with Crippen LogP contribution in [0.25, 0.3) is 11.1 Å². The lowest BCUT2D eigenvalue weighted by molar-refractivity contribution is 0.1000. The van der Waals surface area contributed by atoms with Crippen LogP contribution in [0.15, 0.2) is 36.4 Å². The molecule has 0 spiro atoms. The van der Waals surface area contributed by atoms with E-state index in [-0.39, 0.29) is 5.91 Å². The van der Waals surface area contributed by atoms with E-state index in [1.165, 1.54) is 23.1 Å². The van der Waals surface area contributed by atoms with Crippen molar-refractivity contribution in [1.82, 2.24) is 5.32 Å². The van der Waals surface area contributed by atoms with Crippen molar-refractivity contribution in [2.24, 2.45) is 11.7 Å². The van der Waals surface area contributed by atoms with Gasteiger partial charge in [-0.25, -0.2) is 0 Å². The lowest BCUT2D eigenvalue weighted by Gasteiger charge is -2.13. The highest BCUT2D eigenvalue weighted by atomic mass is 16.1. The zero-order valence-corrected chi connectivity index (χ0v) is 15.1. The summed E-state index contributed by atoms with van der Waals surface area (Å²) in [5.41, 5.74) is 11.9. The lowest BCUT2D eigenvalue weighted by atomic mass is 9.94. The first-order valence-corrected chi connectivity index (χ1v) is 8.59. The van der Waals surface area contributed by atoms with Crippen LogP contribution in [0, 0.1) is 19.8 Å². The smallest absolute Gasteiger partial charge is 0.248 e. The first kappa shape index (κ1) is 18.2. The zero-order valence-electron chi connectivity index (χ0n) is 15.1. The molecule has 0 heterocycles. The van der Waals surface area contributed by atoms with Crippen LogP contribution in [0.5, 0.6) is 0 Å². The summed E-state index contributed by atoms with van der Waals surface area (Å²) in [6, 6.07) is 12.2. The van der Waals surface area contributed by atoms with Crippen LogP contribution >= 0.6 is 0 Å². The van der Waals surface area contributed by atoms with Crippen LogP contribution < -0.4 is 11.1 Å². The van der Waals surface area contributed by atoms with Crippen molar-refractivity contribution in [3.05, 3.63) is 58.7 Å². The summed E-state index contributed by atoms with van der Waals surface area (Å²) in [4.78, 5) is 11.3. The number of nitrogens with two attached hydrogens (primary N) is 1. The Balaban J connectivity index is 2.14. The molecule has 24 heavy (non-hydrogen) atoms. The second-order valence-electron chi connectivity index (χ2n) is 6.90. The van der Waals surface area contributed by atoms with Gasteiger partial charge in [0.15, 0.2) is 0 Å². The number of amides is 1. The minimum absolute atomic E-state index is 0.385. The first-order valence-electron chi connectivity index (χ1n) is 8.59. The van der Waals surface area contributed by atoms with Gasteiger partial charge in [0, 0.05) is 12.1 Å². The monoisotopic (exact) mass is 324 g/mol. The molecule has 0 saturated heterocycles. The number of primary amides is 1. The van der Waals surface area contributed by atoms with E-state index in [1.54, 1.807) is 6.07 Å². The molecule has 0 unspecified atom stereocenters. The number of aryl methyl sites for hydroxylation is 2. The van der Waals surface area contributed by atoms with E-state index in [2.05, 4.69) is 44.3 Å². The van der Waals surface area contributed by atoms with Gasteiger partial charge in [-0.15, -0.1) is 0 Å². The minimum atomic E-state index is -0.385. The van der Waals surface area contributed by atoms with Gasteiger partial charge >= 0.3 is 0 Å². The summed E-state index contributed by atoms with van der Waals surface area (Å²) in [5, 5.41) is 3.50. The van der Waals surface area contributed by atoms with Gasteiger partial charge in [0.25, 0.3) is 0 Å². The molecule has 0 aliphatic heterocycles. The number of nitrogens with one attached hydrogen (secondary N) is 1. The third kappa shape index (κ3) is 4.68. The molecule has 2 aromatic carbocycles. The van der Waals surface area contributed by atoms with Crippen molar-refractivity contribution in [2.45, 2.75) is 40.7 Å². The van der Waals surface area contributed by atoms with Gasteiger partial charge in [-0.1, -0.05) is 38.1 Å². The Bertz CT molecular complexity index is 720. The summed E-state index contributed by atoms with van der Waals surface area (Å²) in [6.45, 7) is 10.6. The molecule has 0 aliphatic rings. The maximum Gasteiger partial charge on any atom is 0.248 e. The zero-order chi connectivity index (χ0) is 17.7. The topological polar surface area (TPSA) is 55.1 Å². The average molecular weight is 324 g/mol. The van der Waals surface area contributed by atoms with Crippen LogP contribution in [-0.4, -0.2) is 12.5 Å². The Labute approximate surface area is 145 Å². The van der Waals surface area contributed by atoms with Crippen molar-refractivity contribution < 1.29 is 4.79 Å². The summed E-state index contributed by atoms with van der Waals surface area (Å²) >= 11 is 0. The number of hydrogen-bond donors (Lipinski definition) is 2. The van der Waals surface area contributed by atoms with Gasteiger partial charge in [-0.3, -0.25) is 4.79 Å². The van der Waals surface area contributed by atoms with Crippen molar-refractivity contribution in [2.75, 3.05) is 6.54 Å². The lowest BCUT2D eigenvalue weighted by Crippen LogP contribution is -2.16. The first-order chi connectivity index (χ1) is 11.4. The number of hydrogen-bond acceptors (Lipinski definition) is 2. The normalized spacial score (nSPS) is 11.0. The summed E-state index contributed by atoms with van der Waals surface area (Å²) in [5.74, 6) is 0.345. The summed E-state index contributed by atoms with van der Waals surface area (Å²) < 4.78 is 0. The van der Waals surface area contributed by atoms with Crippen LogP contribution in [0.1, 0.15) is 47.3 Å². The highest BCUT2D eigenvalue weighted by molar-refractivity contribution is 5.93. The van der Waals surface area contributed by atoms with Gasteiger partial charge < -0.3 is 11.1 Å². The highest BCUT2D eigenvalue weighted by Gasteiger charge is 2.09. The van der Waals surface area contributed by atoms with Gasteiger partial charge in [0.05, 0.1) is 0 Å². The third-order valence-corrected chi connectivity index (χ3v) is 4.32. The second kappa shape index (κ2) is 8.11. The van der Waals surface area contributed by atoms with Crippen LogP contribution in [0.4, 0.5) is 0 Å². The van der Waals surface area contributed by atoms with Crippen molar-refractivity contribution in [1.29, 1.82) is 0 Å². The Kier molecular flexibility index (Phi) is 6.16. The molecular weight excluding hydrogens is 296 g/mol. The molecule has 0 atom stereocenters. The molecular formula is C21H28N2O. The van der Waals surface area contributed by atoms with E-state index in [9.17, 15) is 4.79 Å². The van der Waals surface area contributed by atoms with E-state index < -0.39 is 0 Å². The van der Waals surface area contributed by atoms with Crippen LogP contribution in [0.2, 0.25) is 0 Å². The number of benzene rings is 2. The molecule has 0 saturated carbocycles. The van der Waals surface area contributed by atoms with Crippen molar-refractivity contribution in [3.63, 3.8) is 0 Å². The second-order valence-corrected chi connectivity index (χ2v) is 6.90. The van der Waals surface area contributed by atoms with Crippen LogP contribution in [0.3, 0.4) is 0 Å². The predicted octanol–water partition coefficient (Wildman–Crippen LogP) is 4.21. The highest BCUT2D eigenvalue weighted by Crippen LogP contribution is 2.28. The third-order valence-electron chi connectivity index (χ3n) is 4.32. The fraction of sp³-hybridized carbons (Fsp3) is 0.381. The molecule has 0 radical (unpaired) electrons. The summed E-state index contributed by atoms with van der Waals surface area (Å²) in [6.07, 6.45) is 1.20. The Morgan fingerprint density at radius 3 is 2.21 bits per heavy atom. The molecule has 0 fully saturated rings. The largest absolute Gasteiger partial charge is 0.366 e. The predicted molar refractivity (Wildman–Crippen MR) is 101 cm³/mol. The van der Waals surface area contributed by atoms with E-state index in [0.717, 1.165) is 30.1 Å². The number of carbonyl (C=O) groups excluding carboxylic acids is 1. The molecule has 3 N–H and O–H groups in total. The molecule has 128 valence electrons. The molecule has 1 amide bonds. The standard InChI is InChI=1S/C21H28N2O/c1-14(2)9-10-23-13-17-5-7-19(15(3)11-17)20-8-6-18(21(22)24)12-16(20)4/h5-8,11-12,14,23H,9-10,13H2,1-4H3,(H2,22,24). The minimum Gasteiger partial charge on any atom is -0.366 e. The van der Waals surface area contributed by atoms with Gasteiger partial charge in [0.1, 0.15) is 0 Å². The van der Waals surface area contributed by atoms with E-state index >= 15 is 0 Å². The fourth-order valence-electron chi connectivity index (χ4n) is 2.88. The molecule has 0 bridgehead atoms. The van der Waals surface area contributed by atoms with E-state index in [1.807, 2.05) is 19.1 Å². The maximum absolute atomic E-state index is 11.3. The summed E-state index contributed by atoms with van der Waals surface area (Å²) in [7, 11) is 0. The Morgan fingerprint density at radius 2 is 1.67 bits per heavy atom. The number of rotatable bonds is 7. The Hall–Kier alpha value is -2.13. The molecule has 0 aliphatic carbocycles. The Morgan fingerprint density at radius 1 is 1.04 bits per heavy atom. The fourth-order valence-corrected chi connectivity index (χ4v) is 2.88. The molecule has 2 aromatic rings. The molecule has 3 nitrogen and oxygen atoms in total. The van der Waals surface area contributed by atoms with Gasteiger partial charge in [0.2, 0.25) is 5.91 Å². The molecule has 2 rings (SSSR count). The van der Waals surface area contributed by atoms with Gasteiger partial charge in [-0.05, 0) is 72.7 Å². The quantitative estimate of drug-likeness (QED) is 0.750. The van der Waals surface area contributed by atoms with Crippen molar-refractivity contribution >= 4 is 5.91 Å². The van der Waals surface area contributed by atoms with Crippen molar-refractivity contribution in [3.8, 4) is 11.1 Å². The van der Waals surface area contributed by atoms with E-state index in [0.29, 0.717) is 5.56 Å². The molecule has 0 aromatic heterocycles. The maximum atomic E-state index is 11.3. The SMILES string of the molecule is Cc1cc(CNCCC(C)C)ccc1-c1ccc(C(N)=O)cc1C. The number of carbonyl (C=O) groups is 1.